The summed E-state index contributed by atoms with van der Waals surface area (Å²) >= 11 is 5.95. The summed E-state index contributed by atoms with van der Waals surface area (Å²) in [7, 11) is 0. The van der Waals surface area contributed by atoms with Crippen molar-refractivity contribution in [3.05, 3.63) is 17.5 Å². The molecule has 90 valence electrons. The number of aryl methyl sites for hydroxylation is 2. The fourth-order valence-electron chi connectivity index (χ4n) is 2.24. The maximum atomic E-state index is 5.95. The van der Waals surface area contributed by atoms with Crippen molar-refractivity contribution in [3.63, 3.8) is 0 Å². The van der Waals surface area contributed by atoms with E-state index in [0.29, 0.717) is 5.38 Å². The van der Waals surface area contributed by atoms with Crippen LogP contribution in [0.15, 0.2) is 6.07 Å². The molecule has 0 aliphatic heterocycles. The first-order valence-electron chi connectivity index (χ1n) is 6.07. The second kappa shape index (κ2) is 5.19. The fourth-order valence-corrected chi connectivity index (χ4v) is 2.74. The Hall–Kier alpha value is -0.540. The van der Waals surface area contributed by atoms with E-state index in [2.05, 4.69) is 28.1 Å². The first kappa shape index (κ1) is 11.9. The lowest BCUT2D eigenvalue weighted by molar-refractivity contribution is 0.307. The normalized spacial score (nSPS) is 24.4. The van der Waals surface area contributed by atoms with Gasteiger partial charge in [-0.3, -0.25) is 4.68 Å². The zero-order valence-corrected chi connectivity index (χ0v) is 10.8. The Morgan fingerprint density at radius 2 is 2.31 bits per heavy atom. The zero-order valence-electron chi connectivity index (χ0n) is 10.0. The third kappa shape index (κ3) is 2.77. The van der Waals surface area contributed by atoms with Gasteiger partial charge in [-0.25, -0.2) is 0 Å². The van der Waals surface area contributed by atoms with Gasteiger partial charge >= 0.3 is 0 Å². The van der Waals surface area contributed by atoms with Gasteiger partial charge in [0.2, 0.25) is 0 Å². The van der Waals surface area contributed by atoms with E-state index in [0.717, 1.165) is 31.2 Å². The molecular formula is C12H20ClN3. The summed E-state index contributed by atoms with van der Waals surface area (Å²) in [6.07, 6.45) is 2.33. The summed E-state index contributed by atoms with van der Waals surface area (Å²) in [4.78, 5) is 0. The summed E-state index contributed by atoms with van der Waals surface area (Å²) in [5.74, 6) is 0.779. The van der Waals surface area contributed by atoms with Crippen LogP contribution in [0.25, 0.3) is 0 Å². The molecule has 4 heteroatoms. The van der Waals surface area contributed by atoms with Crippen molar-refractivity contribution in [2.24, 2.45) is 5.92 Å². The second-order valence-electron chi connectivity index (χ2n) is 4.66. The number of halogens is 1. The third-order valence-electron chi connectivity index (χ3n) is 3.20. The lowest BCUT2D eigenvalue weighted by Crippen LogP contribution is -2.33. The highest BCUT2D eigenvalue weighted by Crippen LogP contribution is 2.31. The van der Waals surface area contributed by atoms with Crippen molar-refractivity contribution in [2.75, 3.05) is 6.54 Å². The lowest BCUT2D eigenvalue weighted by Gasteiger charge is -2.30. The van der Waals surface area contributed by atoms with Gasteiger partial charge < -0.3 is 5.32 Å². The smallest absolute Gasteiger partial charge is 0.0597 e. The van der Waals surface area contributed by atoms with E-state index >= 15 is 0 Å². The molecule has 1 aliphatic rings. The Bertz CT molecular complexity index is 342. The molecule has 0 spiro atoms. The molecule has 0 unspecified atom stereocenters. The van der Waals surface area contributed by atoms with Crippen LogP contribution in [-0.4, -0.2) is 21.7 Å². The highest BCUT2D eigenvalue weighted by atomic mass is 35.5. The van der Waals surface area contributed by atoms with Crippen molar-refractivity contribution in [2.45, 2.75) is 45.2 Å². The van der Waals surface area contributed by atoms with Gasteiger partial charge in [-0.15, -0.1) is 11.6 Å². The average Bonchev–Trinajstić information content (AvgIpc) is 2.56. The molecule has 1 heterocycles. The van der Waals surface area contributed by atoms with Crippen molar-refractivity contribution >= 4 is 11.6 Å². The van der Waals surface area contributed by atoms with E-state index in [1.807, 2.05) is 6.92 Å². The van der Waals surface area contributed by atoms with E-state index < -0.39 is 0 Å². The van der Waals surface area contributed by atoms with Gasteiger partial charge in [0.15, 0.2) is 0 Å². The Kier molecular flexibility index (Phi) is 3.87. The van der Waals surface area contributed by atoms with Gasteiger partial charge in [0.05, 0.1) is 11.4 Å². The minimum atomic E-state index is 0.426. The maximum Gasteiger partial charge on any atom is 0.0597 e. The van der Waals surface area contributed by atoms with Crippen LogP contribution in [0.3, 0.4) is 0 Å². The monoisotopic (exact) mass is 241 g/mol. The molecule has 1 saturated carbocycles. The molecule has 2 rings (SSSR count). The fraction of sp³-hybridized carbons (Fsp3) is 0.750. The van der Waals surface area contributed by atoms with Gasteiger partial charge in [-0.05, 0) is 45.2 Å². The van der Waals surface area contributed by atoms with E-state index in [4.69, 9.17) is 11.6 Å². The summed E-state index contributed by atoms with van der Waals surface area (Å²) in [6.45, 7) is 7.10. The van der Waals surface area contributed by atoms with E-state index in [-0.39, 0.29) is 0 Å². The van der Waals surface area contributed by atoms with Gasteiger partial charge in [0.1, 0.15) is 0 Å². The van der Waals surface area contributed by atoms with Gasteiger partial charge in [-0.1, -0.05) is 0 Å². The number of rotatable bonds is 5. The molecule has 1 fully saturated rings. The molecular weight excluding hydrogens is 222 g/mol. The van der Waals surface area contributed by atoms with Crippen LogP contribution in [0.5, 0.6) is 0 Å². The Morgan fingerprint density at radius 1 is 1.56 bits per heavy atom. The number of hydrogen-bond acceptors (Lipinski definition) is 2. The average molecular weight is 242 g/mol. The Labute approximate surface area is 102 Å². The molecule has 0 atom stereocenters. The minimum Gasteiger partial charge on any atom is -0.311 e. The summed E-state index contributed by atoms with van der Waals surface area (Å²) in [6, 6.07) is 2.15. The number of nitrogens with one attached hydrogen (secondary N) is 1. The summed E-state index contributed by atoms with van der Waals surface area (Å²) in [5.41, 5.74) is 2.38. The van der Waals surface area contributed by atoms with Crippen LogP contribution < -0.4 is 5.32 Å². The SMILES string of the molecule is CCn1nc(C)cc1CNCC1CC(Cl)C1. The largest absolute Gasteiger partial charge is 0.311 e. The first-order valence-corrected chi connectivity index (χ1v) is 6.50. The molecule has 0 aromatic carbocycles. The maximum absolute atomic E-state index is 5.95. The van der Waals surface area contributed by atoms with E-state index in [9.17, 15) is 0 Å². The quantitative estimate of drug-likeness (QED) is 0.802. The Balaban J connectivity index is 1.76. The second-order valence-corrected chi connectivity index (χ2v) is 5.28. The highest BCUT2D eigenvalue weighted by molar-refractivity contribution is 6.21. The van der Waals surface area contributed by atoms with E-state index in [1.54, 1.807) is 0 Å². The molecule has 16 heavy (non-hydrogen) atoms. The molecule has 3 nitrogen and oxygen atoms in total. The van der Waals surface area contributed by atoms with Crippen LogP contribution in [0.4, 0.5) is 0 Å². The standard InChI is InChI=1S/C12H20ClN3/c1-3-16-12(4-9(2)15-16)8-14-7-10-5-11(13)6-10/h4,10-11,14H,3,5-8H2,1-2H3. The van der Waals surface area contributed by atoms with Crippen LogP contribution in [0.2, 0.25) is 0 Å². The van der Waals surface area contributed by atoms with Crippen molar-refractivity contribution in [1.29, 1.82) is 0 Å². The van der Waals surface area contributed by atoms with Crippen molar-refractivity contribution < 1.29 is 0 Å². The van der Waals surface area contributed by atoms with Crippen molar-refractivity contribution in [3.8, 4) is 0 Å². The predicted octanol–water partition coefficient (Wildman–Crippen LogP) is 2.32. The van der Waals surface area contributed by atoms with E-state index in [1.165, 1.54) is 18.5 Å². The van der Waals surface area contributed by atoms with Gasteiger partial charge in [-0.2, -0.15) is 5.10 Å². The van der Waals surface area contributed by atoms with Gasteiger partial charge in [0.25, 0.3) is 0 Å². The molecule has 0 bridgehead atoms. The number of alkyl halides is 1. The van der Waals surface area contributed by atoms with Crippen LogP contribution in [0.1, 0.15) is 31.2 Å². The first-order chi connectivity index (χ1) is 7.69. The minimum absolute atomic E-state index is 0.426. The zero-order chi connectivity index (χ0) is 11.5. The number of hydrogen-bond donors (Lipinski definition) is 1. The molecule has 1 N–H and O–H groups in total. The Morgan fingerprint density at radius 3 is 2.94 bits per heavy atom. The van der Waals surface area contributed by atoms with Crippen LogP contribution in [0, 0.1) is 12.8 Å². The van der Waals surface area contributed by atoms with Crippen molar-refractivity contribution in [1.82, 2.24) is 15.1 Å². The lowest BCUT2D eigenvalue weighted by atomic mass is 9.85. The molecule has 1 aromatic heterocycles. The van der Waals surface area contributed by atoms with Crippen LogP contribution >= 0.6 is 11.6 Å². The predicted molar refractivity (Wildman–Crippen MR) is 66.7 cm³/mol. The summed E-state index contributed by atoms with van der Waals surface area (Å²) in [5, 5.41) is 8.35. The topological polar surface area (TPSA) is 29.9 Å². The number of nitrogens with zero attached hydrogens (tertiary/aromatic N) is 2. The molecule has 0 saturated heterocycles. The van der Waals surface area contributed by atoms with Crippen LogP contribution in [-0.2, 0) is 13.1 Å². The van der Waals surface area contributed by atoms with Gasteiger partial charge in [0, 0.05) is 18.5 Å². The summed E-state index contributed by atoms with van der Waals surface area (Å²) < 4.78 is 2.06. The number of aromatic nitrogens is 2. The molecule has 0 amide bonds. The molecule has 1 aliphatic carbocycles. The molecule has 1 aromatic rings. The molecule has 0 radical (unpaired) electrons. The highest BCUT2D eigenvalue weighted by Gasteiger charge is 2.26. The third-order valence-corrected chi connectivity index (χ3v) is 3.56.